The summed E-state index contributed by atoms with van der Waals surface area (Å²) >= 11 is 12.3. The molecule has 0 aliphatic heterocycles. The average molecular weight is 505 g/mol. The summed E-state index contributed by atoms with van der Waals surface area (Å²) in [6, 6.07) is 26.8. The Bertz CT molecular complexity index is 1310. The average Bonchev–Trinajstić information content (AvgIpc) is 2.90. The third kappa shape index (κ3) is 6.05. The minimum atomic E-state index is -0.0155. The Balaban J connectivity index is 1.48. The van der Waals surface area contributed by atoms with Crippen LogP contribution in [0.3, 0.4) is 0 Å². The van der Waals surface area contributed by atoms with E-state index in [9.17, 15) is 4.79 Å². The largest absolute Gasteiger partial charge is 0.496 e. The zero-order valence-electron chi connectivity index (χ0n) is 19.7. The molecule has 0 fully saturated rings. The summed E-state index contributed by atoms with van der Waals surface area (Å²) in [6.45, 7) is 2.00. The molecule has 0 bridgehead atoms. The Morgan fingerprint density at radius 2 is 1.23 bits per heavy atom. The highest BCUT2D eigenvalue weighted by molar-refractivity contribution is 6.17. The highest BCUT2D eigenvalue weighted by Crippen LogP contribution is 2.30. The van der Waals surface area contributed by atoms with Crippen LogP contribution in [0.2, 0.25) is 0 Å². The van der Waals surface area contributed by atoms with Gasteiger partial charge in [-0.1, -0.05) is 54.1 Å². The lowest BCUT2D eigenvalue weighted by molar-refractivity contribution is 0.103. The molecular weight excluding hydrogens is 479 g/mol. The predicted molar refractivity (Wildman–Crippen MR) is 142 cm³/mol. The number of carbonyl (C=O) groups excluding carboxylic acids is 1. The van der Waals surface area contributed by atoms with Crippen LogP contribution in [-0.4, -0.2) is 12.9 Å². The van der Waals surface area contributed by atoms with E-state index in [-0.39, 0.29) is 5.78 Å². The number of rotatable bonds is 9. The van der Waals surface area contributed by atoms with Gasteiger partial charge in [0.25, 0.3) is 0 Å². The third-order valence-electron chi connectivity index (χ3n) is 5.82. The van der Waals surface area contributed by atoms with Gasteiger partial charge in [0.1, 0.15) is 17.2 Å². The number of alkyl halides is 2. The first-order valence-electron chi connectivity index (χ1n) is 11.3. The van der Waals surface area contributed by atoms with Gasteiger partial charge in [-0.05, 0) is 60.9 Å². The van der Waals surface area contributed by atoms with Gasteiger partial charge in [-0.15, -0.1) is 23.2 Å². The van der Waals surface area contributed by atoms with E-state index in [4.69, 9.17) is 32.7 Å². The first kappa shape index (κ1) is 24.8. The number of methoxy groups -OCH3 is 1. The van der Waals surface area contributed by atoms with Gasteiger partial charge >= 0.3 is 0 Å². The Hall–Kier alpha value is -3.27. The topological polar surface area (TPSA) is 35.5 Å². The van der Waals surface area contributed by atoms with Crippen molar-refractivity contribution in [2.45, 2.75) is 25.1 Å². The molecule has 0 N–H and O–H groups in total. The molecule has 0 unspecified atom stereocenters. The first-order chi connectivity index (χ1) is 17.0. The smallest absolute Gasteiger partial charge is 0.193 e. The van der Waals surface area contributed by atoms with E-state index in [1.54, 1.807) is 31.4 Å². The van der Waals surface area contributed by atoms with Crippen LogP contribution in [0.5, 0.6) is 17.2 Å². The van der Waals surface area contributed by atoms with E-state index in [2.05, 4.69) is 12.1 Å². The van der Waals surface area contributed by atoms with E-state index in [1.165, 1.54) is 0 Å². The summed E-state index contributed by atoms with van der Waals surface area (Å²) in [4.78, 5) is 12.7. The fourth-order valence-electron chi connectivity index (χ4n) is 3.90. The second-order valence-electron chi connectivity index (χ2n) is 8.35. The molecule has 0 amide bonds. The number of halogens is 2. The normalized spacial score (nSPS) is 10.7. The summed E-state index contributed by atoms with van der Waals surface area (Å²) in [5.74, 6) is 2.83. The molecule has 35 heavy (non-hydrogen) atoms. The van der Waals surface area contributed by atoms with E-state index in [1.807, 2.05) is 55.5 Å². The summed E-state index contributed by atoms with van der Waals surface area (Å²) < 4.78 is 11.5. The van der Waals surface area contributed by atoms with Crippen molar-refractivity contribution in [2.24, 2.45) is 0 Å². The maximum absolute atomic E-state index is 12.7. The Labute approximate surface area is 216 Å². The number of hydrogen-bond donors (Lipinski definition) is 0. The van der Waals surface area contributed by atoms with Crippen LogP contribution in [-0.2, 0) is 18.2 Å². The Kier molecular flexibility index (Phi) is 8.12. The quantitative estimate of drug-likeness (QED) is 0.170. The van der Waals surface area contributed by atoms with Crippen molar-refractivity contribution >= 4 is 29.0 Å². The molecule has 0 saturated heterocycles. The molecule has 0 aliphatic carbocycles. The van der Waals surface area contributed by atoms with Crippen LogP contribution < -0.4 is 9.47 Å². The number of benzene rings is 4. The maximum Gasteiger partial charge on any atom is 0.193 e. The van der Waals surface area contributed by atoms with E-state index >= 15 is 0 Å². The summed E-state index contributed by atoms with van der Waals surface area (Å²) in [5, 5.41) is 0. The highest BCUT2D eigenvalue weighted by atomic mass is 35.5. The third-order valence-corrected chi connectivity index (χ3v) is 6.40. The molecule has 0 atom stereocenters. The van der Waals surface area contributed by atoms with E-state index in [0.717, 1.165) is 40.0 Å². The van der Waals surface area contributed by atoms with E-state index < -0.39 is 0 Å². The summed E-state index contributed by atoms with van der Waals surface area (Å²) in [7, 11) is 1.64. The van der Waals surface area contributed by atoms with Crippen LogP contribution in [0.15, 0.2) is 84.9 Å². The van der Waals surface area contributed by atoms with Gasteiger partial charge in [0.05, 0.1) is 18.9 Å². The fraction of sp³-hybridized carbons (Fsp3) is 0.167. The summed E-state index contributed by atoms with van der Waals surface area (Å²) in [6.07, 6.45) is 0.744. The summed E-state index contributed by atoms with van der Waals surface area (Å²) in [5.41, 5.74) is 6.53. The minimum absolute atomic E-state index is 0.0155. The lowest BCUT2D eigenvalue weighted by Crippen LogP contribution is -2.01. The highest BCUT2D eigenvalue weighted by Gasteiger charge is 2.11. The fourth-order valence-corrected chi connectivity index (χ4v) is 4.32. The Morgan fingerprint density at radius 1 is 0.714 bits per heavy atom. The second kappa shape index (κ2) is 11.4. The maximum atomic E-state index is 12.7. The van der Waals surface area contributed by atoms with Crippen molar-refractivity contribution in [3.63, 3.8) is 0 Å². The number of aryl methyl sites for hydroxylation is 1. The first-order valence-corrected chi connectivity index (χ1v) is 12.4. The molecule has 0 saturated carbocycles. The SMILES string of the molecule is COc1ccc(Cc2ccc(Oc3ccc(C(=O)c4ccc(C)cc4)cc3)c(CCl)c2)cc1CCl. The lowest BCUT2D eigenvalue weighted by Gasteiger charge is -2.13. The molecule has 0 spiro atoms. The standard InChI is InChI=1S/C30H26Cl2O3/c1-20-3-7-23(8-4-20)30(33)24-9-11-27(12-10-24)35-29-14-6-22(17-26(29)19-32)15-21-5-13-28(34-2)25(16-21)18-31/h3-14,16-17H,15,18-19H2,1-2H3. The molecule has 4 rings (SSSR count). The van der Waals surface area contributed by atoms with Gasteiger partial charge in [-0.3, -0.25) is 4.79 Å². The molecular formula is C30H26Cl2O3. The predicted octanol–water partition coefficient (Wildman–Crippen LogP) is 8.10. The van der Waals surface area contributed by atoms with Gasteiger partial charge < -0.3 is 9.47 Å². The molecule has 0 heterocycles. The van der Waals surface area contributed by atoms with Crippen LogP contribution in [0, 0.1) is 6.92 Å². The van der Waals surface area contributed by atoms with Gasteiger partial charge in [-0.2, -0.15) is 0 Å². The van der Waals surface area contributed by atoms with Crippen LogP contribution in [0.25, 0.3) is 0 Å². The zero-order valence-corrected chi connectivity index (χ0v) is 21.2. The van der Waals surface area contributed by atoms with Gasteiger partial charge in [0, 0.05) is 22.3 Å². The molecule has 3 nitrogen and oxygen atoms in total. The zero-order chi connectivity index (χ0) is 24.8. The van der Waals surface area contributed by atoms with Gasteiger partial charge in [0.15, 0.2) is 5.78 Å². The van der Waals surface area contributed by atoms with Crippen molar-refractivity contribution in [1.29, 1.82) is 0 Å². The van der Waals surface area contributed by atoms with Crippen molar-refractivity contribution in [2.75, 3.05) is 7.11 Å². The number of carbonyl (C=O) groups is 1. The van der Waals surface area contributed by atoms with Gasteiger partial charge in [0.2, 0.25) is 0 Å². The van der Waals surface area contributed by atoms with E-state index in [0.29, 0.717) is 34.4 Å². The molecule has 0 aromatic heterocycles. The van der Waals surface area contributed by atoms with Gasteiger partial charge in [-0.25, -0.2) is 0 Å². The number of ether oxygens (including phenoxy) is 2. The second-order valence-corrected chi connectivity index (χ2v) is 8.89. The number of hydrogen-bond acceptors (Lipinski definition) is 3. The Morgan fingerprint density at radius 3 is 1.77 bits per heavy atom. The van der Waals surface area contributed by atoms with Crippen LogP contribution >= 0.6 is 23.2 Å². The lowest BCUT2D eigenvalue weighted by atomic mass is 10.0. The number of ketones is 1. The van der Waals surface area contributed by atoms with Crippen LogP contribution in [0.4, 0.5) is 0 Å². The van der Waals surface area contributed by atoms with Crippen molar-refractivity contribution in [3.8, 4) is 17.2 Å². The van der Waals surface area contributed by atoms with Crippen molar-refractivity contribution < 1.29 is 14.3 Å². The molecule has 4 aromatic carbocycles. The molecule has 0 radical (unpaired) electrons. The molecule has 4 aromatic rings. The van der Waals surface area contributed by atoms with Crippen molar-refractivity contribution in [1.82, 2.24) is 0 Å². The monoisotopic (exact) mass is 504 g/mol. The minimum Gasteiger partial charge on any atom is -0.496 e. The molecule has 5 heteroatoms. The van der Waals surface area contributed by atoms with Crippen LogP contribution in [0.1, 0.15) is 43.7 Å². The molecule has 0 aliphatic rings. The molecule has 178 valence electrons. The van der Waals surface area contributed by atoms with Crippen molar-refractivity contribution in [3.05, 3.63) is 124 Å².